The number of fused-ring (bicyclic) bond motifs is 1. The topological polar surface area (TPSA) is 67.2 Å². The lowest BCUT2D eigenvalue weighted by Gasteiger charge is -2.24. The van der Waals surface area contributed by atoms with Crippen molar-refractivity contribution in [1.82, 2.24) is 24.6 Å². The molecule has 4 rings (SSSR count). The minimum Gasteiger partial charge on any atom is -0.354 e. The van der Waals surface area contributed by atoms with Crippen LogP contribution in [0.15, 0.2) is 24.3 Å². The molecule has 1 aliphatic rings. The van der Waals surface area contributed by atoms with E-state index in [1.165, 1.54) is 0 Å². The summed E-state index contributed by atoms with van der Waals surface area (Å²) in [6.45, 7) is 13.6. The van der Waals surface area contributed by atoms with Crippen molar-refractivity contribution in [2.75, 3.05) is 31.1 Å². The number of para-hydroxylation sites is 1. The highest BCUT2D eigenvalue weighted by Crippen LogP contribution is 2.30. The number of hydrogen-bond donors (Lipinski definition) is 0. The van der Waals surface area contributed by atoms with Gasteiger partial charge in [-0.2, -0.15) is 5.10 Å². The van der Waals surface area contributed by atoms with Gasteiger partial charge in [-0.05, 0) is 37.8 Å². The van der Waals surface area contributed by atoms with Gasteiger partial charge in [0.2, 0.25) is 5.91 Å². The number of carbonyl (C=O) groups is 1. The molecule has 0 N–H and O–H groups in total. The van der Waals surface area contributed by atoms with Gasteiger partial charge in [-0.1, -0.05) is 39.0 Å². The van der Waals surface area contributed by atoms with E-state index < -0.39 is 0 Å². The maximum absolute atomic E-state index is 12.6. The van der Waals surface area contributed by atoms with Crippen LogP contribution in [-0.2, 0) is 11.2 Å². The minimum absolute atomic E-state index is 0.257. The van der Waals surface area contributed by atoms with Crippen LogP contribution in [0.4, 0.5) is 5.82 Å². The second-order valence-electron chi connectivity index (χ2n) is 9.12. The van der Waals surface area contributed by atoms with Crippen molar-refractivity contribution >= 4 is 22.8 Å². The SMILES string of the molecule is CCc1nc(N2CCCN(C(=O)CC(C)C)CC2)c2c(C)nn(-c3ccccc3C)c2n1. The largest absolute Gasteiger partial charge is 0.354 e. The van der Waals surface area contributed by atoms with Gasteiger partial charge in [0.1, 0.15) is 11.6 Å². The first-order valence-corrected chi connectivity index (χ1v) is 11.7. The molecule has 0 spiro atoms. The molecule has 0 atom stereocenters. The van der Waals surface area contributed by atoms with E-state index in [1.807, 2.05) is 28.6 Å². The number of anilines is 1. The monoisotopic (exact) mass is 434 g/mol. The Kier molecular flexibility index (Phi) is 6.44. The van der Waals surface area contributed by atoms with Gasteiger partial charge in [0.15, 0.2) is 5.65 Å². The molecule has 3 aromatic rings. The molecular weight excluding hydrogens is 400 g/mol. The molecule has 7 nitrogen and oxygen atoms in total. The van der Waals surface area contributed by atoms with Crippen LogP contribution in [-0.4, -0.2) is 56.7 Å². The third kappa shape index (κ3) is 4.33. The first-order chi connectivity index (χ1) is 15.4. The number of rotatable bonds is 5. The van der Waals surface area contributed by atoms with Gasteiger partial charge in [0.25, 0.3) is 0 Å². The average Bonchev–Trinajstić information content (AvgIpc) is 2.94. The molecule has 7 heteroatoms. The van der Waals surface area contributed by atoms with Crippen LogP contribution in [0.25, 0.3) is 16.7 Å². The van der Waals surface area contributed by atoms with Crippen molar-refractivity contribution in [3.05, 3.63) is 41.3 Å². The van der Waals surface area contributed by atoms with E-state index >= 15 is 0 Å². The summed E-state index contributed by atoms with van der Waals surface area (Å²) in [5.74, 6) is 2.40. The standard InChI is InChI=1S/C25H34N6O/c1-6-21-26-24(30-13-9-12-29(14-15-30)22(32)16-17(2)3)23-19(5)28-31(25(23)27-21)20-11-8-7-10-18(20)4/h7-8,10-11,17H,6,9,12-16H2,1-5H3. The smallest absolute Gasteiger partial charge is 0.222 e. The van der Waals surface area contributed by atoms with E-state index in [-0.39, 0.29) is 5.91 Å². The van der Waals surface area contributed by atoms with Gasteiger partial charge in [0.05, 0.1) is 16.8 Å². The number of aromatic nitrogens is 4. The first kappa shape index (κ1) is 22.2. The lowest BCUT2D eigenvalue weighted by Crippen LogP contribution is -2.36. The van der Waals surface area contributed by atoms with Gasteiger partial charge < -0.3 is 9.80 Å². The third-order valence-electron chi connectivity index (χ3n) is 6.12. The first-order valence-electron chi connectivity index (χ1n) is 11.7. The Morgan fingerprint density at radius 1 is 1.06 bits per heavy atom. The molecule has 170 valence electrons. The summed E-state index contributed by atoms with van der Waals surface area (Å²) < 4.78 is 1.96. The highest BCUT2D eigenvalue weighted by Gasteiger charge is 2.25. The molecule has 0 unspecified atom stereocenters. The molecule has 0 aliphatic carbocycles. The number of benzene rings is 1. The van der Waals surface area contributed by atoms with Gasteiger partial charge in [-0.3, -0.25) is 4.79 Å². The Balaban J connectivity index is 1.73. The Hall–Kier alpha value is -2.96. The summed E-state index contributed by atoms with van der Waals surface area (Å²) in [5.41, 5.74) is 3.98. The molecular formula is C25H34N6O. The van der Waals surface area contributed by atoms with Crippen molar-refractivity contribution in [3.63, 3.8) is 0 Å². The predicted octanol–water partition coefficient (Wildman–Crippen LogP) is 4.08. The predicted molar refractivity (Wildman–Crippen MR) is 128 cm³/mol. The van der Waals surface area contributed by atoms with Gasteiger partial charge >= 0.3 is 0 Å². The average molecular weight is 435 g/mol. The highest BCUT2D eigenvalue weighted by atomic mass is 16.2. The van der Waals surface area contributed by atoms with Crippen molar-refractivity contribution in [1.29, 1.82) is 0 Å². The van der Waals surface area contributed by atoms with Crippen molar-refractivity contribution in [2.45, 2.75) is 53.9 Å². The third-order valence-corrected chi connectivity index (χ3v) is 6.12. The summed E-state index contributed by atoms with van der Waals surface area (Å²) >= 11 is 0. The molecule has 1 aliphatic heterocycles. The zero-order valence-electron chi connectivity index (χ0n) is 19.9. The van der Waals surface area contributed by atoms with E-state index in [4.69, 9.17) is 15.1 Å². The van der Waals surface area contributed by atoms with Crippen LogP contribution in [0, 0.1) is 19.8 Å². The van der Waals surface area contributed by atoms with Gasteiger partial charge in [-0.15, -0.1) is 0 Å². The Bertz CT molecular complexity index is 1120. The molecule has 2 aromatic heterocycles. The van der Waals surface area contributed by atoms with Crippen LogP contribution in [0.2, 0.25) is 0 Å². The molecule has 1 fully saturated rings. The summed E-state index contributed by atoms with van der Waals surface area (Å²) in [6.07, 6.45) is 2.30. The molecule has 0 bridgehead atoms. The Morgan fingerprint density at radius 3 is 2.56 bits per heavy atom. The van der Waals surface area contributed by atoms with Crippen LogP contribution in [0.5, 0.6) is 0 Å². The van der Waals surface area contributed by atoms with E-state index in [2.05, 4.69) is 44.7 Å². The quantitative estimate of drug-likeness (QED) is 0.605. The summed E-state index contributed by atoms with van der Waals surface area (Å²) in [7, 11) is 0. The van der Waals surface area contributed by atoms with Crippen LogP contribution in [0.1, 0.15) is 50.7 Å². The minimum atomic E-state index is 0.257. The summed E-state index contributed by atoms with van der Waals surface area (Å²) in [4.78, 5) is 26.8. The normalized spacial score (nSPS) is 14.9. The van der Waals surface area contributed by atoms with Gasteiger partial charge in [-0.25, -0.2) is 14.6 Å². The molecule has 0 saturated carbocycles. The molecule has 3 heterocycles. The molecule has 32 heavy (non-hydrogen) atoms. The van der Waals surface area contributed by atoms with E-state index in [1.54, 1.807) is 0 Å². The molecule has 1 aromatic carbocycles. The zero-order chi connectivity index (χ0) is 22.8. The number of carbonyl (C=O) groups excluding carboxylic acids is 1. The fourth-order valence-electron chi connectivity index (χ4n) is 4.42. The second-order valence-corrected chi connectivity index (χ2v) is 9.12. The maximum Gasteiger partial charge on any atom is 0.222 e. The summed E-state index contributed by atoms with van der Waals surface area (Å²) in [5, 5.41) is 5.88. The fraction of sp³-hybridized carbons (Fsp3) is 0.520. The lowest BCUT2D eigenvalue weighted by molar-refractivity contribution is -0.131. The van der Waals surface area contributed by atoms with Crippen molar-refractivity contribution in [2.24, 2.45) is 5.92 Å². The zero-order valence-corrected chi connectivity index (χ0v) is 19.9. The van der Waals surface area contributed by atoms with Crippen LogP contribution >= 0.6 is 0 Å². The molecule has 1 saturated heterocycles. The van der Waals surface area contributed by atoms with Crippen LogP contribution in [0.3, 0.4) is 0 Å². The highest BCUT2D eigenvalue weighted by molar-refractivity contribution is 5.91. The van der Waals surface area contributed by atoms with Gasteiger partial charge in [0, 0.05) is 39.0 Å². The number of nitrogens with zero attached hydrogens (tertiary/aromatic N) is 6. The molecule has 1 amide bonds. The van der Waals surface area contributed by atoms with E-state index in [9.17, 15) is 4.79 Å². The second kappa shape index (κ2) is 9.27. The van der Waals surface area contributed by atoms with E-state index in [0.29, 0.717) is 12.3 Å². The molecule has 0 radical (unpaired) electrons. The number of aryl methyl sites for hydroxylation is 3. The van der Waals surface area contributed by atoms with Crippen molar-refractivity contribution in [3.8, 4) is 5.69 Å². The maximum atomic E-state index is 12.6. The van der Waals surface area contributed by atoms with Crippen molar-refractivity contribution < 1.29 is 4.79 Å². The lowest BCUT2D eigenvalue weighted by atomic mass is 10.1. The number of amides is 1. The van der Waals surface area contributed by atoms with E-state index in [0.717, 1.165) is 78.6 Å². The summed E-state index contributed by atoms with van der Waals surface area (Å²) in [6, 6.07) is 8.25. The Morgan fingerprint density at radius 2 is 1.84 bits per heavy atom. The van der Waals surface area contributed by atoms with Crippen LogP contribution < -0.4 is 4.90 Å². The number of hydrogen-bond acceptors (Lipinski definition) is 5. The fourth-order valence-corrected chi connectivity index (χ4v) is 4.42. The Labute approximate surface area is 190 Å².